The van der Waals surface area contributed by atoms with Crippen molar-refractivity contribution in [3.63, 3.8) is 0 Å². The largest absolute Gasteiger partial charge is 0.479 e. The van der Waals surface area contributed by atoms with Gasteiger partial charge in [0.2, 0.25) is 11.8 Å². The molecule has 1 N–H and O–H groups in total. The van der Waals surface area contributed by atoms with Crippen LogP contribution in [0, 0.1) is 6.92 Å². The number of carbonyl (C=O) groups excluding carboxylic acids is 1. The smallest absolute Gasteiger partial charge is 0.243 e. The van der Waals surface area contributed by atoms with Crippen LogP contribution in [0.4, 0.5) is 17.2 Å². The Bertz CT molecular complexity index is 840. The monoisotopic (exact) mass is 455 g/mol. The number of amides is 1. The molecule has 33 heavy (non-hydrogen) atoms. The van der Waals surface area contributed by atoms with Gasteiger partial charge in [-0.15, -0.1) is 0 Å². The number of ether oxygens (including phenoxy) is 1. The van der Waals surface area contributed by atoms with E-state index in [-0.39, 0.29) is 5.91 Å². The van der Waals surface area contributed by atoms with E-state index in [4.69, 9.17) is 4.74 Å². The first-order valence-corrected chi connectivity index (χ1v) is 12.3. The van der Waals surface area contributed by atoms with Crippen LogP contribution in [0.5, 0.6) is 5.88 Å². The minimum absolute atomic E-state index is 0.0480. The van der Waals surface area contributed by atoms with Gasteiger partial charge in [0.15, 0.2) is 5.82 Å². The van der Waals surface area contributed by atoms with Crippen LogP contribution in [0.1, 0.15) is 65.1 Å². The first-order valence-electron chi connectivity index (χ1n) is 12.3. The molecule has 0 aliphatic carbocycles. The summed E-state index contributed by atoms with van der Waals surface area (Å²) in [6.45, 7) is 11.6. The maximum Gasteiger partial charge on any atom is 0.243 e. The maximum atomic E-state index is 12.9. The molecule has 0 fully saturated rings. The minimum atomic E-state index is -0.0480. The molecule has 0 saturated heterocycles. The standard InChI is InChI=1S/C26H41N5O2/c1-6-9-10-14-19-31(22-16-12-11-13-17-22)20-15-18-23(32)29-24-25(30(7-2)8-3)27-21(4)28-26(24)33-5/h11-13,16-17H,6-10,14-15,18-20H2,1-5H3,(H,29,32). The molecule has 0 unspecified atom stereocenters. The summed E-state index contributed by atoms with van der Waals surface area (Å²) in [5.74, 6) is 1.68. The molecule has 0 atom stereocenters. The fraction of sp³-hybridized carbons (Fsp3) is 0.577. The van der Waals surface area contributed by atoms with Crippen LogP contribution in [-0.2, 0) is 4.79 Å². The molecule has 0 spiro atoms. The van der Waals surface area contributed by atoms with E-state index in [9.17, 15) is 4.79 Å². The van der Waals surface area contributed by atoms with Gasteiger partial charge in [0.05, 0.1) is 7.11 Å². The molecular formula is C26H41N5O2. The topological polar surface area (TPSA) is 70.6 Å². The molecule has 0 aliphatic rings. The lowest BCUT2D eigenvalue weighted by atomic mass is 10.1. The molecule has 1 aromatic heterocycles. The van der Waals surface area contributed by atoms with Gasteiger partial charge in [-0.05, 0) is 45.7 Å². The van der Waals surface area contributed by atoms with Crippen LogP contribution < -0.4 is 19.9 Å². The van der Waals surface area contributed by atoms with Crippen LogP contribution in [0.2, 0.25) is 0 Å². The van der Waals surface area contributed by atoms with Crippen molar-refractivity contribution in [2.45, 2.75) is 66.2 Å². The quantitative estimate of drug-likeness (QED) is 0.360. The summed E-state index contributed by atoms with van der Waals surface area (Å²) in [5.41, 5.74) is 1.77. The maximum absolute atomic E-state index is 12.9. The summed E-state index contributed by atoms with van der Waals surface area (Å²) in [6, 6.07) is 10.5. The summed E-state index contributed by atoms with van der Waals surface area (Å²) in [7, 11) is 1.57. The highest BCUT2D eigenvalue weighted by atomic mass is 16.5. The van der Waals surface area contributed by atoms with E-state index in [1.54, 1.807) is 7.11 Å². The van der Waals surface area contributed by atoms with Crippen molar-refractivity contribution in [2.75, 3.05) is 48.4 Å². The normalized spacial score (nSPS) is 10.7. The van der Waals surface area contributed by atoms with Crippen LogP contribution in [-0.4, -0.2) is 49.2 Å². The highest BCUT2D eigenvalue weighted by Crippen LogP contribution is 2.32. The highest BCUT2D eigenvalue weighted by molar-refractivity contribution is 5.95. The van der Waals surface area contributed by atoms with Crippen molar-refractivity contribution in [3.05, 3.63) is 36.2 Å². The van der Waals surface area contributed by atoms with Gasteiger partial charge in [-0.1, -0.05) is 44.4 Å². The zero-order valence-corrected chi connectivity index (χ0v) is 21.1. The first kappa shape index (κ1) is 26.4. The third-order valence-electron chi connectivity index (χ3n) is 5.72. The number of aryl methyl sites for hydroxylation is 1. The number of aromatic nitrogens is 2. The third kappa shape index (κ3) is 8.22. The summed E-state index contributed by atoms with van der Waals surface area (Å²) in [4.78, 5) is 26.3. The minimum Gasteiger partial charge on any atom is -0.479 e. The Hall–Kier alpha value is -2.83. The summed E-state index contributed by atoms with van der Waals surface area (Å²) in [5, 5.41) is 3.03. The van der Waals surface area contributed by atoms with E-state index in [1.165, 1.54) is 31.4 Å². The molecule has 0 aliphatic heterocycles. The van der Waals surface area contributed by atoms with Gasteiger partial charge in [-0.2, -0.15) is 4.98 Å². The van der Waals surface area contributed by atoms with Gasteiger partial charge in [0.1, 0.15) is 11.5 Å². The second-order valence-electron chi connectivity index (χ2n) is 8.19. The Labute approximate surface area is 199 Å². The van der Waals surface area contributed by atoms with Gasteiger partial charge in [-0.25, -0.2) is 4.98 Å². The lowest BCUT2D eigenvalue weighted by molar-refractivity contribution is -0.116. The van der Waals surface area contributed by atoms with Crippen molar-refractivity contribution in [1.82, 2.24) is 9.97 Å². The van der Waals surface area contributed by atoms with E-state index in [0.29, 0.717) is 29.6 Å². The average Bonchev–Trinajstić information content (AvgIpc) is 2.83. The number of para-hydroxylation sites is 1. The average molecular weight is 456 g/mol. The molecule has 7 heteroatoms. The number of unbranched alkanes of at least 4 members (excludes halogenated alkanes) is 3. The Morgan fingerprint density at radius 3 is 2.27 bits per heavy atom. The van der Waals surface area contributed by atoms with Gasteiger partial charge >= 0.3 is 0 Å². The van der Waals surface area contributed by atoms with Gasteiger partial charge in [0, 0.05) is 38.3 Å². The lowest BCUT2D eigenvalue weighted by Crippen LogP contribution is -2.28. The van der Waals surface area contributed by atoms with E-state index in [0.717, 1.165) is 32.6 Å². The zero-order valence-electron chi connectivity index (χ0n) is 21.1. The van der Waals surface area contributed by atoms with Crippen LogP contribution >= 0.6 is 0 Å². The molecule has 0 saturated carbocycles. The van der Waals surface area contributed by atoms with Crippen LogP contribution in [0.15, 0.2) is 30.3 Å². The predicted octanol–water partition coefficient (Wildman–Crippen LogP) is 5.45. The fourth-order valence-electron chi connectivity index (χ4n) is 3.91. The van der Waals surface area contributed by atoms with Crippen molar-refractivity contribution >= 4 is 23.1 Å². The molecule has 0 bridgehead atoms. The number of nitrogens with one attached hydrogen (secondary N) is 1. The first-order chi connectivity index (χ1) is 16.0. The van der Waals surface area contributed by atoms with E-state index >= 15 is 0 Å². The molecule has 1 aromatic carbocycles. The van der Waals surface area contributed by atoms with Crippen molar-refractivity contribution in [1.29, 1.82) is 0 Å². The van der Waals surface area contributed by atoms with Gasteiger partial charge in [-0.3, -0.25) is 4.79 Å². The van der Waals surface area contributed by atoms with Crippen molar-refractivity contribution in [2.24, 2.45) is 0 Å². The number of carbonyl (C=O) groups is 1. The number of rotatable bonds is 15. The van der Waals surface area contributed by atoms with E-state index in [2.05, 4.69) is 70.1 Å². The number of methoxy groups -OCH3 is 1. The number of hydrogen-bond donors (Lipinski definition) is 1. The lowest BCUT2D eigenvalue weighted by Gasteiger charge is -2.25. The SMILES string of the molecule is CCCCCCN(CCCC(=O)Nc1c(OC)nc(C)nc1N(CC)CC)c1ccccc1. The van der Waals surface area contributed by atoms with E-state index in [1.807, 2.05) is 13.0 Å². The summed E-state index contributed by atoms with van der Waals surface area (Å²) in [6.07, 6.45) is 6.09. The second kappa shape index (κ2) is 14.3. The van der Waals surface area contributed by atoms with Crippen molar-refractivity contribution in [3.8, 4) is 5.88 Å². The third-order valence-corrected chi connectivity index (χ3v) is 5.72. The fourth-order valence-corrected chi connectivity index (χ4v) is 3.91. The molecule has 2 rings (SSSR count). The zero-order chi connectivity index (χ0) is 24.1. The molecule has 2 aromatic rings. The Morgan fingerprint density at radius 2 is 1.64 bits per heavy atom. The summed E-state index contributed by atoms with van der Waals surface area (Å²) >= 11 is 0. The van der Waals surface area contributed by atoms with Gasteiger partial charge < -0.3 is 19.9 Å². The van der Waals surface area contributed by atoms with Crippen LogP contribution in [0.25, 0.3) is 0 Å². The van der Waals surface area contributed by atoms with Gasteiger partial charge in [0.25, 0.3) is 0 Å². The molecular weight excluding hydrogens is 414 g/mol. The van der Waals surface area contributed by atoms with Crippen LogP contribution in [0.3, 0.4) is 0 Å². The van der Waals surface area contributed by atoms with Crippen molar-refractivity contribution < 1.29 is 9.53 Å². The Kier molecular flexibility index (Phi) is 11.5. The van der Waals surface area contributed by atoms with E-state index < -0.39 is 0 Å². The molecule has 7 nitrogen and oxygen atoms in total. The number of hydrogen-bond acceptors (Lipinski definition) is 6. The Balaban J connectivity index is 2.03. The highest BCUT2D eigenvalue weighted by Gasteiger charge is 2.20. The molecule has 182 valence electrons. The number of benzene rings is 1. The Morgan fingerprint density at radius 1 is 0.939 bits per heavy atom. The predicted molar refractivity (Wildman–Crippen MR) is 138 cm³/mol. The number of nitrogens with zero attached hydrogens (tertiary/aromatic N) is 4. The molecule has 1 heterocycles. The molecule has 1 amide bonds. The molecule has 0 radical (unpaired) electrons. The second-order valence-corrected chi connectivity index (χ2v) is 8.19. The summed E-state index contributed by atoms with van der Waals surface area (Å²) < 4.78 is 5.47. The number of anilines is 3.